The van der Waals surface area contributed by atoms with Gasteiger partial charge in [0.1, 0.15) is 5.82 Å². The minimum atomic E-state index is -0.285. The number of nitrogens with two attached hydrogens (primary N) is 1. The van der Waals surface area contributed by atoms with Gasteiger partial charge in [-0.1, -0.05) is 11.8 Å². The number of rotatable bonds is 6. The van der Waals surface area contributed by atoms with Gasteiger partial charge in [-0.05, 0) is 34.1 Å². The van der Waals surface area contributed by atoms with E-state index in [0.717, 1.165) is 23.2 Å². The molecule has 0 radical (unpaired) electrons. The highest BCUT2D eigenvalue weighted by atomic mass is 32.2. The Morgan fingerprint density at radius 3 is 2.61 bits per heavy atom. The summed E-state index contributed by atoms with van der Waals surface area (Å²) in [5.74, 6) is 1.67. The average Bonchev–Trinajstić information content (AvgIpc) is 2.72. The molecule has 0 amide bonds. The van der Waals surface area contributed by atoms with Crippen molar-refractivity contribution in [2.45, 2.75) is 51.9 Å². The summed E-state index contributed by atoms with van der Waals surface area (Å²) < 4.78 is 2.06. The van der Waals surface area contributed by atoms with Gasteiger partial charge in [0.05, 0.1) is 18.0 Å². The SMILES string of the molecule is CC(C)n1c(CN)nnc1SCCC(C)(C)C#N. The molecule has 0 aliphatic rings. The molecule has 1 heterocycles. The summed E-state index contributed by atoms with van der Waals surface area (Å²) in [6.07, 6.45) is 0.830. The summed E-state index contributed by atoms with van der Waals surface area (Å²) in [4.78, 5) is 0. The first kappa shape index (κ1) is 15.0. The van der Waals surface area contributed by atoms with E-state index in [2.05, 4.69) is 34.7 Å². The van der Waals surface area contributed by atoms with E-state index in [1.807, 2.05) is 13.8 Å². The monoisotopic (exact) mass is 267 g/mol. The number of nitrogens with zero attached hydrogens (tertiary/aromatic N) is 4. The zero-order valence-electron chi connectivity index (χ0n) is 11.5. The molecule has 1 rings (SSSR count). The van der Waals surface area contributed by atoms with Gasteiger partial charge in [-0.2, -0.15) is 5.26 Å². The van der Waals surface area contributed by atoms with Gasteiger partial charge in [0.2, 0.25) is 0 Å². The van der Waals surface area contributed by atoms with Gasteiger partial charge < -0.3 is 10.3 Å². The van der Waals surface area contributed by atoms with Gasteiger partial charge >= 0.3 is 0 Å². The van der Waals surface area contributed by atoms with Crippen LogP contribution in [0.2, 0.25) is 0 Å². The standard InChI is InChI=1S/C12H21N5S/c1-9(2)17-10(7-13)15-16-11(17)18-6-5-12(3,4)8-14/h9H,5-7,13H2,1-4H3. The second-order valence-electron chi connectivity index (χ2n) is 5.16. The highest BCUT2D eigenvalue weighted by Crippen LogP contribution is 2.26. The van der Waals surface area contributed by atoms with Crippen LogP contribution in [0.4, 0.5) is 0 Å². The van der Waals surface area contributed by atoms with Gasteiger partial charge in [0.25, 0.3) is 0 Å². The molecule has 0 unspecified atom stereocenters. The molecule has 0 aliphatic carbocycles. The lowest BCUT2D eigenvalue weighted by Crippen LogP contribution is -2.12. The molecule has 100 valence electrons. The van der Waals surface area contributed by atoms with Crippen molar-refractivity contribution < 1.29 is 0 Å². The molecule has 6 heteroatoms. The van der Waals surface area contributed by atoms with Crippen molar-refractivity contribution in [2.75, 3.05) is 5.75 Å². The molecule has 0 fully saturated rings. The molecule has 0 saturated heterocycles. The van der Waals surface area contributed by atoms with E-state index >= 15 is 0 Å². The molecule has 0 bridgehead atoms. The minimum Gasteiger partial charge on any atom is -0.324 e. The second-order valence-corrected chi connectivity index (χ2v) is 6.22. The zero-order valence-corrected chi connectivity index (χ0v) is 12.3. The lowest BCUT2D eigenvalue weighted by Gasteiger charge is -2.15. The van der Waals surface area contributed by atoms with Crippen LogP contribution in [0, 0.1) is 16.7 Å². The van der Waals surface area contributed by atoms with Crippen LogP contribution in [0.25, 0.3) is 0 Å². The van der Waals surface area contributed by atoms with Crippen LogP contribution < -0.4 is 5.73 Å². The van der Waals surface area contributed by atoms with Crippen LogP contribution in [0.15, 0.2) is 5.16 Å². The molecule has 5 nitrogen and oxygen atoms in total. The summed E-state index contributed by atoms with van der Waals surface area (Å²) in [6.45, 7) is 8.48. The van der Waals surface area contributed by atoms with Gasteiger partial charge in [0.15, 0.2) is 5.16 Å². The van der Waals surface area contributed by atoms with Gasteiger partial charge in [0, 0.05) is 11.8 Å². The highest BCUT2D eigenvalue weighted by molar-refractivity contribution is 7.99. The van der Waals surface area contributed by atoms with Crippen molar-refractivity contribution in [3.05, 3.63) is 5.82 Å². The lowest BCUT2D eigenvalue weighted by molar-refractivity contribution is 0.480. The Morgan fingerprint density at radius 2 is 2.11 bits per heavy atom. The second kappa shape index (κ2) is 6.21. The number of hydrogen-bond acceptors (Lipinski definition) is 5. The Balaban J connectivity index is 2.69. The quantitative estimate of drug-likeness (QED) is 0.800. The zero-order chi connectivity index (χ0) is 13.8. The molecule has 0 spiro atoms. The molecule has 0 aliphatic heterocycles. The van der Waals surface area contributed by atoms with Crippen LogP contribution in [0.1, 0.15) is 46.0 Å². The minimum absolute atomic E-state index is 0.285. The summed E-state index contributed by atoms with van der Waals surface area (Å²) in [5, 5.41) is 18.1. The van der Waals surface area contributed by atoms with E-state index in [9.17, 15) is 0 Å². The normalized spacial score (nSPS) is 11.8. The fourth-order valence-electron chi connectivity index (χ4n) is 1.52. The fraction of sp³-hybridized carbons (Fsp3) is 0.750. The van der Waals surface area contributed by atoms with E-state index < -0.39 is 0 Å². The highest BCUT2D eigenvalue weighted by Gasteiger charge is 2.18. The fourth-order valence-corrected chi connectivity index (χ4v) is 2.87. The summed E-state index contributed by atoms with van der Waals surface area (Å²) >= 11 is 1.64. The van der Waals surface area contributed by atoms with Crippen molar-refractivity contribution >= 4 is 11.8 Å². The van der Waals surface area contributed by atoms with Crippen LogP contribution >= 0.6 is 11.8 Å². The number of hydrogen-bond donors (Lipinski definition) is 1. The number of thioether (sulfide) groups is 1. The Kier molecular flexibility index (Phi) is 5.17. The molecule has 0 aromatic carbocycles. The van der Waals surface area contributed by atoms with Crippen molar-refractivity contribution in [2.24, 2.45) is 11.1 Å². The van der Waals surface area contributed by atoms with Crippen LogP contribution in [-0.4, -0.2) is 20.5 Å². The van der Waals surface area contributed by atoms with Crippen molar-refractivity contribution in [3.63, 3.8) is 0 Å². The van der Waals surface area contributed by atoms with Crippen LogP contribution in [0.5, 0.6) is 0 Å². The molecule has 1 aromatic heterocycles. The van der Waals surface area contributed by atoms with E-state index in [4.69, 9.17) is 11.0 Å². The van der Waals surface area contributed by atoms with Gasteiger partial charge in [-0.15, -0.1) is 10.2 Å². The third kappa shape index (κ3) is 3.72. The molecule has 0 saturated carbocycles. The number of aromatic nitrogens is 3. The Bertz CT molecular complexity index is 430. The molecular weight excluding hydrogens is 246 g/mol. The summed E-state index contributed by atoms with van der Waals surface area (Å²) in [7, 11) is 0. The first-order valence-electron chi connectivity index (χ1n) is 6.09. The number of nitriles is 1. The predicted molar refractivity (Wildman–Crippen MR) is 73.0 cm³/mol. The Morgan fingerprint density at radius 1 is 1.44 bits per heavy atom. The van der Waals surface area contributed by atoms with Crippen molar-refractivity contribution in [3.8, 4) is 6.07 Å². The molecule has 2 N–H and O–H groups in total. The summed E-state index contributed by atoms with van der Waals surface area (Å²) in [6, 6.07) is 2.60. The van der Waals surface area contributed by atoms with Gasteiger partial charge in [-0.3, -0.25) is 0 Å². The maximum absolute atomic E-state index is 8.97. The maximum atomic E-state index is 8.97. The van der Waals surface area contributed by atoms with Crippen molar-refractivity contribution in [1.29, 1.82) is 5.26 Å². The summed E-state index contributed by atoms with van der Waals surface area (Å²) in [5.41, 5.74) is 5.36. The van der Waals surface area contributed by atoms with Crippen molar-refractivity contribution in [1.82, 2.24) is 14.8 Å². The van der Waals surface area contributed by atoms with E-state index in [-0.39, 0.29) is 5.41 Å². The predicted octanol–water partition coefficient (Wildman–Crippen LogP) is 2.35. The molecule has 18 heavy (non-hydrogen) atoms. The molecular formula is C12H21N5S. The average molecular weight is 267 g/mol. The smallest absolute Gasteiger partial charge is 0.191 e. The molecule has 0 atom stereocenters. The topological polar surface area (TPSA) is 80.5 Å². The molecule has 1 aromatic rings. The van der Waals surface area contributed by atoms with Crippen LogP contribution in [-0.2, 0) is 6.54 Å². The van der Waals surface area contributed by atoms with Crippen LogP contribution in [0.3, 0.4) is 0 Å². The lowest BCUT2D eigenvalue weighted by atomic mass is 9.93. The largest absolute Gasteiger partial charge is 0.324 e. The first-order chi connectivity index (χ1) is 8.41. The van der Waals surface area contributed by atoms with E-state index in [0.29, 0.717) is 12.6 Å². The van der Waals surface area contributed by atoms with E-state index in [1.54, 1.807) is 11.8 Å². The Hall–Kier alpha value is -1.06. The third-order valence-corrected chi connectivity index (χ3v) is 3.64. The van der Waals surface area contributed by atoms with Gasteiger partial charge in [-0.25, -0.2) is 0 Å². The first-order valence-corrected chi connectivity index (χ1v) is 7.07. The Labute approximate surface area is 113 Å². The van der Waals surface area contributed by atoms with E-state index in [1.165, 1.54) is 0 Å². The third-order valence-electron chi connectivity index (χ3n) is 2.69. The maximum Gasteiger partial charge on any atom is 0.191 e.